The van der Waals surface area contributed by atoms with E-state index >= 15 is 0 Å². The molecule has 0 aromatic heterocycles. The molecule has 0 saturated heterocycles. The van der Waals surface area contributed by atoms with Gasteiger partial charge in [0.15, 0.2) is 5.96 Å². The molecule has 1 aromatic rings. The van der Waals surface area contributed by atoms with E-state index < -0.39 is 0 Å². The van der Waals surface area contributed by atoms with Crippen LogP contribution in [0.5, 0.6) is 0 Å². The number of guanidine groups is 1. The van der Waals surface area contributed by atoms with E-state index in [-0.39, 0.29) is 24.0 Å². The van der Waals surface area contributed by atoms with Crippen LogP contribution in [0.15, 0.2) is 40.2 Å². The number of nitrogens with one attached hydrogen (secondary N) is 2. The Morgan fingerprint density at radius 2 is 1.92 bits per heavy atom. The summed E-state index contributed by atoms with van der Waals surface area (Å²) in [6.45, 7) is 1.94. The molecule has 1 atom stereocenters. The molecule has 0 spiro atoms. The zero-order valence-electron chi connectivity index (χ0n) is 15.5. The van der Waals surface area contributed by atoms with E-state index in [1.807, 2.05) is 18.8 Å². The Morgan fingerprint density at radius 3 is 2.44 bits per heavy atom. The van der Waals surface area contributed by atoms with Crippen LogP contribution in [0, 0.1) is 5.92 Å². The molecule has 0 heterocycles. The fourth-order valence-electron chi connectivity index (χ4n) is 3.11. The Hall–Kier alpha value is -0.470. The highest BCUT2D eigenvalue weighted by Gasteiger charge is 2.43. The molecule has 140 valence electrons. The van der Waals surface area contributed by atoms with Crippen molar-refractivity contribution in [2.24, 2.45) is 10.9 Å². The molecule has 1 aromatic carbocycles. The smallest absolute Gasteiger partial charge is 0.191 e. The average Bonchev–Trinajstić information content (AvgIpc) is 3.48. The van der Waals surface area contributed by atoms with Crippen molar-refractivity contribution in [1.29, 1.82) is 0 Å². The Morgan fingerprint density at radius 1 is 1.24 bits per heavy atom. The van der Waals surface area contributed by atoms with Gasteiger partial charge in [0.2, 0.25) is 0 Å². The lowest BCUT2D eigenvalue weighted by molar-refractivity contribution is 0.264. The van der Waals surface area contributed by atoms with Crippen LogP contribution in [-0.4, -0.2) is 55.9 Å². The van der Waals surface area contributed by atoms with E-state index in [2.05, 4.69) is 65.0 Å². The van der Waals surface area contributed by atoms with Gasteiger partial charge in [-0.2, -0.15) is 0 Å². The summed E-state index contributed by atoms with van der Waals surface area (Å²) < 4.78 is 0.344. The Balaban J connectivity index is 0.00000225. The SMILES string of the molecule is CN=C(NCC(C1CC1)N(C)C)NCC1(Sc2ccccc2)CC1.I. The number of hydrogen-bond acceptors (Lipinski definition) is 3. The van der Waals surface area contributed by atoms with Crippen LogP contribution in [0.4, 0.5) is 0 Å². The van der Waals surface area contributed by atoms with Crippen LogP contribution in [0.25, 0.3) is 0 Å². The van der Waals surface area contributed by atoms with E-state index in [0.717, 1.165) is 25.0 Å². The quantitative estimate of drug-likeness (QED) is 0.344. The highest BCUT2D eigenvalue weighted by molar-refractivity contribution is 14.0. The normalized spacial score (nSPS) is 19.9. The highest BCUT2D eigenvalue weighted by atomic mass is 127. The lowest BCUT2D eigenvalue weighted by atomic mass is 10.1. The highest BCUT2D eigenvalue weighted by Crippen LogP contribution is 2.51. The van der Waals surface area contributed by atoms with Crippen molar-refractivity contribution in [2.45, 2.75) is 41.4 Å². The van der Waals surface area contributed by atoms with Crippen molar-refractivity contribution >= 4 is 41.7 Å². The number of benzene rings is 1. The second-order valence-corrected chi connectivity index (χ2v) is 8.81. The van der Waals surface area contributed by atoms with Crippen LogP contribution in [-0.2, 0) is 0 Å². The molecule has 0 amide bonds. The number of thioether (sulfide) groups is 1. The van der Waals surface area contributed by atoms with Gasteiger partial charge in [-0.25, -0.2) is 0 Å². The maximum absolute atomic E-state index is 4.40. The predicted molar refractivity (Wildman–Crippen MR) is 119 cm³/mol. The molecular weight excluding hydrogens is 443 g/mol. The molecule has 2 aliphatic rings. The molecule has 2 N–H and O–H groups in total. The summed E-state index contributed by atoms with van der Waals surface area (Å²) in [5.41, 5.74) is 0. The minimum Gasteiger partial charge on any atom is -0.355 e. The fraction of sp³-hybridized carbons (Fsp3) is 0.632. The summed E-state index contributed by atoms with van der Waals surface area (Å²) in [4.78, 5) is 8.10. The van der Waals surface area contributed by atoms with E-state index in [1.54, 1.807) is 0 Å². The molecule has 25 heavy (non-hydrogen) atoms. The minimum absolute atomic E-state index is 0. The molecule has 1 unspecified atom stereocenters. The molecule has 2 aliphatic carbocycles. The van der Waals surface area contributed by atoms with Crippen LogP contribution in [0.1, 0.15) is 25.7 Å². The summed E-state index contributed by atoms with van der Waals surface area (Å²) in [5, 5.41) is 7.07. The Bertz CT molecular complexity index is 554. The molecule has 6 heteroatoms. The molecule has 0 radical (unpaired) electrons. The van der Waals surface area contributed by atoms with Gasteiger partial charge in [0.05, 0.1) is 0 Å². The third kappa shape index (κ3) is 6.32. The van der Waals surface area contributed by atoms with E-state index in [0.29, 0.717) is 10.8 Å². The summed E-state index contributed by atoms with van der Waals surface area (Å²) in [6, 6.07) is 11.3. The third-order valence-corrected chi connectivity index (χ3v) is 6.49. The Labute approximate surface area is 173 Å². The van der Waals surface area contributed by atoms with Crippen molar-refractivity contribution in [3.8, 4) is 0 Å². The van der Waals surface area contributed by atoms with Gasteiger partial charge >= 0.3 is 0 Å². The zero-order valence-corrected chi connectivity index (χ0v) is 18.6. The van der Waals surface area contributed by atoms with Crippen molar-refractivity contribution in [3.63, 3.8) is 0 Å². The van der Waals surface area contributed by atoms with Crippen molar-refractivity contribution in [3.05, 3.63) is 30.3 Å². The second-order valence-electron chi connectivity index (χ2n) is 7.27. The molecular formula is C19H31IN4S. The minimum atomic E-state index is 0. The van der Waals surface area contributed by atoms with Crippen LogP contribution in [0.3, 0.4) is 0 Å². The van der Waals surface area contributed by atoms with Gasteiger partial charge in [0.25, 0.3) is 0 Å². The molecule has 0 aliphatic heterocycles. The van der Waals surface area contributed by atoms with E-state index in [9.17, 15) is 0 Å². The van der Waals surface area contributed by atoms with Gasteiger partial charge in [-0.1, -0.05) is 18.2 Å². The molecule has 3 rings (SSSR count). The van der Waals surface area contributed by atoms with Gasteiger partial charge < -0.3 is 15.5 Å². The molecule has 2 fully saturated rings. The first-order valence-electron chi connectivity index (χ1n) is 8.97. The monoisotopic (exact) mass is 474 g/mol. The summed E-state index contributed by atoms with van der Waals surface area (Å²) in [5.74, 6) is 1.79. The van der Waals surface area contributed by atoms with E-state index in [1.165, 1.54) is 30.6 Å². The molecule has 2 saturated carbocycles. The largest absolute Gasteiger partial charge is 0.355 e. The summed E-state index contributed by atoms with van der Waals surface area (Å²) in [6.07, 6.45) is 5.29. The maximum Gasteiger partial charge on any atom is 0.191 e. The van der Waals surface area contributed by atoms with Crippen molar-refractivity contribution < 1.29 is 0 Å². The number of hydrogen-bond donors (Lipinski definition) is 2. The fourth-order valence-corrected chi connectivity index (χ4v) is 4.36. The lowest BCUT2D eigenvalue weighted by Crippen LogP contribution is -2.47. The maximum atomic E-state index is 4.40. The standard InChI is InChI=1S/C19H30N4S.HI/c1-20-18(21-13-17(23(2)3)15-9-10-15)22-14-19(11-12-19)24-16-7-5-4-6-8-16;/h4-8,15,17H,9-14H2,1-3H3,(H2,20,21,22);1H. The van der Waals surface area contributed by atoms with Gasteiger partial charge in [-0.15, -0.1) is 35.7 Å². The predicted octanol–water partition coefficient (Wildman–Crippen LogP) is 3.43. The first-order chi connectivity index (χ1) is 11.6. The Kier molecular flexibility index (Phi) is 7.89. The van der Waals surface area contributed by atoms with Crippen molar-refractivity contribution in [2.75, 3.05) is 34.2 Å². The zero-order chi connectivity index (χ0) is 17.0. The van der Waals surface area contributed by atoms with E-state index in [4.69, 9.17) is 0 Å². The lowest BCUT2D eigenvalue weighted by Gasteiger charge is -2.26. The van der Waals surface area contributed by atoms with Crippen molar-refractivity contribution in [1.82, 2.24) is 15.5 Å². The number of rotatable bonds is 8. The molecule has 4 nitrogen and oxygen atoms in total. The van der Waals surface area contributed by atoms with Crippen LogP contribution in [0.2, 0.25) is 0 Å². The van der Waals surface area contributed by atoms with Crippen LogP contribution >= 0.6 is 35.7 Å². The third-order valence-electron chi connectivity index (χ3n) is 4.99. The molecule has 0 bridgehead atoms. The second kappa shape index (κ2) is 9.46. The van der Waals surface area contributed by atoms with Gasteiger partial charge in [0.1, 0.15) is 0 Å². The van der Waals surface area contributed by atoms with Crippen LogP contribution < -0.4 is 10.6 Å². The van der Waals surface area contributed by atoms with Gasteiger partial charge in [-0.3, -0.25) is 4.99 Å². The topological polar surface area (TPSA) is 39.7 Å². The summed E-state index contributed by atoms with van der Waals surface area (Å²) in [7, 11) is 6.22. The first-order valence-corrected chi connectivity index (χ1v) is 9.78. The van der Waals surface area contributed by atoms with Gasteiger partial charge in [-0.05, 0) is 57.8 Å². The number of aliphatic imine (C=N–C) groups is 1. The first kappa shape index (κ1) is 20.8. The number of nitrogens with zero attached hydrogens (tertiary/aromatic N) is 2. The summed E-state index contributed by atoms with van der Waals surface area (Å²) >= 11 is 2.00. The average molecular weight is 474 g/mol. The van der Waals surface area contributed by atoms with Gasteiger partial charge in [0, 0.05) is 35.8 Å². The number of halogens is 1. The number of likely N-dealkylation sites (N-methyl/N-ethyl adjacent to an activating group) is 1.